The third kappa shape index (κ3) is 3.03. The molecule has 0 aliphatic rings. The Balaban J connectivity index is 2.31. The maximum absolute atomic E-state index is 10.9. The second-order valence-corrected chi connectivity index (χ2v) is 4.66. The molecule has 2 aromatic rings. The summed E-state index contributed by atoms with van der Waals surface area (Å²) in [6.45, 7) is 3.62. The van der Waals surface area contributed by atoms with Gasteiger partial charge in [-0.05, 0) is 43.7 Å². The van der Waals surface area contributed by atoms with Crippen LogP contribution in [-0.4, -0.2) is 16.1 Å². The van der Waals surface area contributed by atoms with Crippen molar-refractivity contribution in [3.8, 4) is 0 Å². The molecule has 0 aliphatic carbocycles. The minimum atomic E-state index is -0.976. The van der Waals surface area contributed by atoms with Crippen LogP contribution in [-0.2, 0) is 0 Å². The van der Waals surface area contributed by atoms with E-state index in [0.717, 1.165) is 11.3 Å². The molecule has 1 heterocycles. The zero-order valence-electron chi connectivity index (χ0n) is 10.6. The SMILES string of the molecule is Cc1ccc(Cl)cc1Nc1ccc(C(=O)O)c(C)n1. The van der Waals surface area contributed by atoms with Crippen LogP contribution in [0, 0.1) is 13.8 Å². The first-order valence-corrected chi connectivity index (χ1v) is 6.09. The summed E-state index contributed by atoms with van der Waals surface area (Å²) >= 11 is 5.94. The number of aromatic nitrogens is 1. The Kier molecular flexibility index (Phi) is 3.71. The molecule has 98 valence electrons. The number of benzene rings is 1. The molecule has 0 atom stereocenters. The van der Waals surface area contributed by atoms with Crippen LogP contribution in [0.5, 0.6) is 0 Å². The highest BCUT2D eigenvalue weighted by Crippen LogP contribution is 2.23. The number of pyridine rings is 1. The number of rotatable bonds is 3. The van der Waals surface area contributed by atoms with Crippen LogP contribution < -0.4 is 5.32 Å². The van der Waals surface area contributed by atoms with E-state index in [1.54, 1.807) is 19.1 Å². The summed E-state index contributed by atoms with van der Waals surface area (Å²) in [6.07, 6.45) is 0. The van der Waals surface area contributed by atoms with Crippen LogP contribution in [0.4, 0.5) is 11.5 Å². The van der Waals surface area contributed by atoms with Gasteiger partial charge in [0.15, 0.2) is 0 Å². The van der Waals surface area contributed by atoms with E-state index in [1.165, 1.54) is 6.07 Å². The average Bonchev–Trinajstić information content (AvgIpc) is 2.33. The molecule has 2 N–H and O–H groups in total. The number of aromatic carboxylic acids is 1. The van der Waals surface area contributed by atoms with Crippen molar-refractivity contribution in [1.82, 2.24) is 4.98 Å². The first-order valence-electron chi connectivity index (χ1n) is 5.71. The molecule has 4 nitrogen and oxygen atoms in total. The van der Waals surface area contributed by atoms with Gasteiger partial charge in [0.2, 0.25) is 0 Å². The van der Waals surface area contributed by atoms with Crippen molar-refractivity contribution in [2.45, 2.75) is 13.8 Å². The van der Waals surface area contributed by atoms with Crippen molar-refractivity contribution < 1.29 is 9.90 Å². The number of halogens is 1. The molecule has 0 saturated heterocycles. The van der Waals surface area contributed by atoms with E-state index in [2.05, 4.69) is 10.3 Å². The van der Waals surface area contributed by atoms with Crippen LogP contribution in [0.15, 0.2) is 30.3 Å². The van der Waals surface area contributed by atoms with Gasteiger partial charge in [-0.1, -0.05) is 17.7 Å². The van der Waals surface area contributed by atoms with Gasteiger partial charge in [0.05, 0.1) is 11.3 Å². The van der Waals surface area contributed by atoms with E-state index in [4.69, 9.17) is 16.7 Å². The van der Waals surface area contributed by atoms with E-state index in [1.807, 2.05) is 19.1 Å². The van der Waals surface area contributed by atoms with Crippen LogP contribution in [0.25, 0.3) is 0 Å². The van der Waals surface area contributed by atoms with Gasteiger partial charge in [0, 0.05) is 10.7 Å². The van der Waals surface area contributed by atoms with Crippen molar-refractivity contribution in [2.24, 2.45) is 0 Å². The molecule has 0 amide bonds. The molecular formula is C14H13ClN2O2. The van der Waals surface area contributed by atoms with Crippen molar-refractivity contribution in [2.75, 3.05) is 5.32 Å². The summed E-state index contributed by atoms with van der Waals surface area (Å²) in [4.78, 5) is 15.1. The zero-order valence-corrected chi connectivity index (χ0v) is 11.3. The second kappa shape index (κ2) is 5.28. The number of carboxylic acid groups (broad SMARTS) is 1. The highest BCUT2D eigenvalue weighted by atomic mass is 35.5. The van der Waals surface area contributed by atoms with Crippen LogP contribution in [0.3, 0.4) is 0 Å². The predicted octanol–water partition coefficient (Wildman–Crippen LogP) is 3.79. The van der Waals surface area contributed by atoms with E-state index >= 15 is 0 Å². The topological polar surface area (TPSA) is 62.2 Å². The maximum Gasteiger partial charge on any atom is 0.337 e. The standard InChI is InChI=1S/C14H13ClN2O2/c1-8-3-4-10(15)7-12(8)17-13-6-5-11(14(18)19)9(2)16-13/h3-7H,1-2H3,(H,16,17)(H,18,19). The fraction of sp³-hybridized carbons (Fsp3) is 0.143. The normalized spacial score (nSPS) is 10.3. The van der Waals surface area contributed by atoms with Crippen LogP contribution >= 0.6 is 11.6 Å². The highest BCUT2D eigenvalue weighted by Gasteiger charge is 2.09. The summed E-state index contributed by atoms with van der Waals surface area (Å²) in [5.41, 5.74) is 2.55. The first-order chi connectivity index (χ1) is 8.97. The first kappa shape index (κ1) is 13.4. The molecule has 0 unspecified atom stereocenters. The van der Waals surface area contributed by atoms with Gasteiger partial charge >= 0.3 is 5.97 Å². The predicted molar refractivity (Wildman–Crippen MR) is 75.4 cm³/mol. The molecule has 0 spiro atoms. The van der Waals surface area contributed by atoms with Crippen molar-refractivity contribution in [1.29, 1.82) is 0 Å². The van der Waals surface area contributed by atoms with Crippen molar-refractivity contribution in [3.05, 3.63) is 52.2 Å². The molecule has 19 heavy (non-hydrogen) atoms. The Hall–Kier alpha value is -2.07. The Labute approximate surface area is 116 Å². The van der Waals surface area contributed by atoms with Crippen LogP contribution in [0.2, 0.25) is 5.02 Å². The largest absolute Gasteiger partial charge is 0.478 e. The minimum absolute atomic E-state index is 0.202. The second-order valence-electron chi connectivity index (χ2n) is 4.22. The van der Waals surface area contributed by atoms with E-state index in [9.17, 15) is 4.79 Å². The number of nitrogens with zero attached hydrogens (tertiary/aromatic N) is 1. The van der Waals surface area contributed by atoms with Gasteiger partial charge in [-0.2, -0.15) is 0 Å². The molecule has 1 aromatic carbocycles. The molecule has 0 saturated carbocycles. The third-order valence-corrected chi connectivity index (χ3v) is 3.01. The summed E-state index contributed by atoms with van der Waals surface area (Å²) in [7, 11) is 0. The quantitative estimate of drug-likeness (QED) is 0.895. The number of carboxylic acids is 1. The molecule has 0 bridgehead atoms. The average molecular weight is 277 g/mol. The van der Waals surface area contributed by atoms with Crippen molar-refractivity contribution in [3.63, 3.8) is 0 Å². The smallest absolute Gasteiger partial charge is 0.337 e. The third-order valence-electron chi connectivity index (χ3n) is 2.78. The summed E-state index contributed by atoms with van der Waals surface area (Å²) in [5, 5.41) is 12.7. The number of hydrogen-bond donors (Lipinski definition) is 2. The van der Waals surface area contributed by atoms with Gasteiger partial charge in [0.1, 0.15) is 5.82 Å². The monoisotopic (exact) mass is 276 g/mol. The minimum Gasteiger partial charge on any atom is -0.478 e. The molecule has 0 aliphatic heterocycles. The van der Waals surface area contributed by atoms with Gasteiger partial charge < -0.3 is 10.4 Å². The molecule has 1 aromatic heterocycles. The molecule has 2 rings (SSSR count). The van der Waals surface area contributed by atoms with E-state index in [-0.39, 0.29) is 5.56 Å². The molecule has 0 radical (unpaired) electrons. The summed E-state index contributed by atoms with van der Waals surface area (Å²) in [6, 6.07) is 8.69. The lowest BCUT2D eigenvalue weighted by atomic mass is 10.2. The summed E-state index contributed by atoms with van der Waals surface area (Å²) in [5.74, 6) is -0.386. The number of carbonyl (C=O) groups is 1. The van der Waals surface area contributed by atoms with E-state index in [0.29, 0.717) is 16.5 Å². The van der Waals surface area contributed by atoms with E-state index < -0.39 is 5.97 Å². The zero-order chi connectivity index (χ0) is 14.0. The fourth-order valence-electron chi connectivity index (χ4n) is 1.72. The Morgan fingerprint density at radius 1 is 1.26 bits per heavy atom. The Morgan fingerprint density at radius 3 is 2.63 bits per heavy atom. The highest BCUT2D eigenvalue weighted by molar-refractivity contribution is 6.30. The van der Waals surface area contributed by atoms with Gasteiger partial charge in [-0.25, -0.2) is 9.78 Å². The number of aryl methyl sites for hydroxylation is 2. The lowest BCUT2D eigenvalue weighted by Gasteiger charge is -2.10. The molecule has 5 heteroatoms. The Morgan fingerprint density at radius 2 is 2.00 bits per heavy atom. The lowest BCUT2D eigenvalue weighted by molar-refractivity contribution is 0.0695. The van der Waals surface area contributed by atoms with Gasteiger partial charge in [0.25, 0.3) is 0 Å². The number of anilines is 2. The maximum atomic E-state index is 10.9. The van der Waals surface area contributed by atoms with Gasteiger partial charge in [-0.3, -0.25) is 0 Å². The fourth-order valence-corrected chi connectivity index (χ4v) is 1.90. The lowest BCUT2D eigenvalue weighted by Crippen LogP contribution is -2.04. The number of nitrogens with one attached hydrogen (secondary N) is 1. The summed E-state index contributed by atoms with van der Waals surface area (Å²) < 4.78 is 0. The van der Waals surface area contributed by atoms with Crippen molar-refractivity contribution >= 4 is 29.1 Å². The van der Waals surface area contributed by atoms with Crippen LogP contribution in [0.1, 0.15) is 21.6 Å². The Bertz CT molecular complexity index is 641. The molecule has 0 fully saturated rings. The van der Waals surface area contributed by atoms with Gasteiger partial charge in [-0.15, -0.1) is 0 Å². The number of hydrogen-bond acceptors (Lipinski definition) is 3. The molecular weight excluding hydrogens is 264 g/mol.